The van der Waals surface area contributed by atoms with Crippen molar-refractivity contribution in [1.82, 2.24) is 10.3 Å². The lowest BCUT2D eigenvalue weighted by molar-refractivity contribution is 0.0497. The minimum Gasteiger partial charge on any atom is -0.444 e. The van der Waals surface area contributed by atoms with Crippen LogP contribution in [0.15, 0.2) is 65.8 Å². The van der Waals surface area contributed by atoms with Gasteiger partial charge in [0.05, 0.1) is 16.8 Å². The Labute approximate surface area is 247 Å². The highest BCUT2D eigenvalue weighted by Gasteiger charge is 2.27. The number of ether oxygens (including phenoxy) is 1. The summed E-state index contributed by atoms with van der Waals surface area (Å²) in [6.45, 7) is 6.50. The molecule has 0 atom stereocenters. The maximum absolute atomic E-state index is 14.4. The van der Waals surface area contributed by atoms with E-state index in [1.54, 1.807) is 45.2 Å². The predicted octanol–water partition coefficient (Wildman–Crippen LogP) is 7.18. The number of pyridine rings is 1. The van der Waals surface area contributed by atoms with Gasteiger partial charge in [0.2, 0.25) is 6.08 Å². The second kappa shape index (κ2) is 12.0. The van der Waals surface area contributed by atoms with Crippen LogP contribution < -0.4 is 10.2 Å². The fourth-order valence-corrected chi connectivity index (χ4v) is 5.36. The number of carbonyl (C=O) groups is 1. The number of fused-ring (bicyclic) bond motifs is 1. The van der Waals surface area contributed by atoms with E-state index in [1.165, 1.54) is 18.2 Å². The van der Waals surface area contributed by atoms with Crippen molar-refractivity contribution in [3.05, 3.63) is 78.0 Å². The smallest absolute Gasteiger partial charge is 0.407 e. The average molecular weight is 582 g/mol. The molecular formula is C33H29F2N5O3. The Morgan fingerprint density at radius 1 is 1.05 bits per heavy atom. The number of aromatic nitrogens is 1. The van der Waals surface area contributed by atoms with Gasteiger partial charge in [0.1, 0.15) is 29.0 Å². The van der Waals surface area contributed by atoms with Crippen LogP contribution in [0.3, 0.4) is 0 Å². The second-order valence-electron chi connectivity index (χ2n) is 11.3. The van der Waals surface area contributed by atoms with Crippen LogP contribution in [-0.4, -0.2) is 41.9 Å². The third-order valence-corrected chi connectivity index (χ3v) is 7.17. The highest BCUT2D eigenvalue weighted by atomic mass is 19.1. The van der Waals surface area contributed by atoms with Gasteiger partial charge in [0.25, 0.3) is 0 Å². The molecule has 1 saturated heterocycles. The van der Waals surface area contributed by atoms with Gasteiger partial charge < -0.3 is 15.0 Å². The monoisotopic (exact) mass is 581 g/mol. The first kappa shape index (κ1) is 29.4. The van der Waals surface area contributed by atoms with Crippen LogP contribution in [0.1, 0.15) is 39.2 Å². The Morgan fingerprint density at radius 2 is 1.77 bits per heavy atom. The van der Waals surface area contributed by atoms with Crippen molar-refractivity contribution < 1.29 is 23.1 Å². The number of nitrogens with zero attached hydrogens (tertiary/aromatic N) is 4. The van der Waals surface area contributed by atoms with Gasteiger partial charge in [0, 0.05) is 47.9 Å². The van der Waals surface area contributed by atoms with Crippen LogP contribution in [0.4, 0.5) is 25.0 Å². The van der Waals surface area contributed by atoms with Crippen molar-refractivity contribution in [3.8, 4) is 28.3 Å². The molecule has 0 bridgehead atoms. The number of benzene rings is 3. The molecule has 0 spiro atoms. The Morgan fingerprint density at radius 3 is 2.42 bits per heavy atom. The molecular weight excluding hydrogens is 552 g/mol. The number of nitriles is 1. The van der Waals surface area contributed by atoms with Gasteiger partial charge in [-0.1, -0.05) is 18.2 Å². The van der Waals surface area contributed by atoms with Gasteiger partial charge in [-0.15, -0.1) is 0 Å². The number of amides is 1. The van der Waals surface area contributed by atoms with Gasteiger partial charge in [-0.25, -0.2) is 18.4 Å². The predicted molar refractivity (Wildman–Crippen MR) is 160 cm³/mol. The van der Waals surface area contributed by atoms with Gasteiger partial charge in [-0.3, -0.25) is 4.98 Å². The minimum absolute atomic E-state index is 0.109. The van der Waals surface area contributed by atoms with Gasteiger partial charge in [0.15, 0.2) is 0 Å². The van der Waals surface area contributed by atoms with E-state index < -0.39 is 23.3 Å². The molecule has 3 aromatic carbocycles. The first-order valence-corrected chi connectivity index (χ1v) is 13.8. The SMILES string of the molecule is CC(C)(C)OC(=O)NC1CCN(c2c(-c3cc(F)cc(F)c3)cnc3ccc(-c4cccc(C#N)c4N=C=O)cc23)CC1. The first-order chi connectivity index (χ1) is 20.6. The molecule has 0 unspecified atom stereocenters. The quantitative estimate of drug-likeness (QED) is 0.198. The number of carbonyl (C=O) groups excluding carboxylic acids is 2. The minimum atomic E-state index is -0.709. The number of halogens is 2. The Kier molecular flexibility index (Phi) is 8.20. The molecule has 43 heavy (non-hydrogen) atoms. The molecule has 1 fully saturated rings. The lowest BCUT2D eigenvalue weighted by Gasteiger charge is -2.36. The number of rotatable bonds is 5. The number of anilines is 1. The summed E-state index contributed by atoms with van der Waals surface area (Å²) >= 11 is 0. The van der Waals surface area contributed by atoms with E-state index in [0.29, 0.717) is 59.1 Å². The molecule has 218 valence electrons. The van der Waals surface area contributed by atoms with Crippen LogP contribution in [0, 0.1) is 23.0 Å². The van der Waals surface area contributed by atoms with Crippen LogP contribution in [0.25, 0.3) is 33.2 Å². The topological polar surface area (TPSA) is 108 Å². The maximum atomic E-state index is 14.4. The van der Waals surface area contributed by atoms with Crippen molar-refractivity contribution in [1.29, 1.82) is 5.26 Å². The Hall–Kier alpha value is -5.13. The zero-order chi connectivity index (χ0) is 30.7. The molecule has 10 heteroatoms. The number of alkyl carbamates (subject to hydrolysis) is 1. The Balaban J connectivity index is 1.61. The van der Waals surface area contributed by atoms with Crippen molar-refractivity contribution in [2.24, 2.45) is 4.99 Å². The lowest BCUT2D eigenvalue weighted by Crippen LogP contribution is -2.46. The lowest BCUT2D eigenvalue weighted by atomic mass is 9.95. The summed E-state index contributed by atoms with van der Waals surface area (Å²) in [4.78, 5) is 34.1. The highest BCUT2D eigenvalue weighted by molar-refractivity contribution is 6.02. The molecule has 1 aliphatic heterocycles. The number of isocyanates is 1. The van der Waals surface area contributed by atoms with Crippen LogP contribution in [0.2, 0.25) is 0 Å². The number of para-hydroxylation sites is 1. The first-order valence-electron chi connectivity index (χ1n) is 13.8. The van der Waals surface area contributed by atoms with Crippen molar-refractivity contribution in [2.75, 3.05) is 18.0 Å². The summed E-state index contributed by atoms with van der Waals surface area (Å²) < 4.78 is 34.2. The molecule has 1 aromatic heterocycles. The summed E-state index contributed by atoms with van der Waals surface area (Å²) in [7, 11) is 0. The van der Waals surface area contributed by atoms with Crippen LogP contribution >= 0.6 is 0 Å². The van der Waals surface area contributed by atoms with Gasteiger partial charge in [-0.2, -0.15) is 10.3 Å². The van der Waals surface area contributed by atoms with Crippen molar-refractivity contribution in [3.63, 3.8) is 0 Å². The van der Waals surface area contributed by atoms with Crippen LogP contribution in [0.5, 0.6) is 0 Å². The fraction of sp³-hybridized carbons (Fsp3) is 0.273. The molecule has 0 saturated carbocycles. The maximum Gasteiger partial charge on any atom is 0.407 e. The molecule has 0 aliphatic carbocycles. The number of hydrogen-bond donors (Lipinski definition) is 1. The van der Waals surface area contributed by atoms with E-state index in [9.17, 15) is 23.6 Å². The molecule has 1 aliphatic rings. The summed E-state index contributed by atoms with van der Waals surface area (Å²) in [5, 5.41) is 13.2. The number of piperidine rings is 1. The van der Waals surface area contributed by atoms with Gasteiger partial charge in [-0.05, 0) is 75.1 Å². The zero-order valence-electron chi connectivity index (χ0n) is 23.9. The normalized spacial score (nSPS) is 13.7. The molecule has 5 rings (SSSR count). The zero-order valence-corrected chi connectivity index (χ0v) is 23.9. The third-order valence-electron chi connectivity index (χ3n) is 7.17. The second-order valence-corrected chi connectivity index (χ2v) is 11.3. The number of nitrogens with one attached hydrogen (secondary N) is 1. The molecule has 1 N–H and O–H groups in total. The Bertz CT molecular complexity index is 1780. The molecule has 0 radical (unpaired) electrons. The van der Waals surface area contributed by atoms with E-state index in [-0.39, 0.29) is 17.3 Å². The molecule has 4 aromatic rings. The van der Waals surface area contributed by atoms with E-state index in [2.05, 4.69) is 26.3 Å². The van der Waals surface area contributed by atoms with Crippen LogP contribution in [-0.2, 0) is 9.53 Å². The largest absolute Gasteiger partial charge is 0.444 e. The van der Waals surface area contributed by atoms with E-state index in [1.807, 2.05) is 18.2 Å². The number of aliphatic imine (C=N–C) groups is 1. The van der Waals surface area contributed by atoms with Crippen molar-refractivity contribution in [2.45, 2.75) is 45.3 Å². The molecule has 2 heterocycles. The van der Waals surface area contributed by atoms with Gasteiger partial charge >= 0.3 is 6.09 Å². The summed E-state index contributed by atoms with van der Waals surface area (Å²) in [5.41, 5.74) is 3.28. The van der Waals surface area contributed by atoms with E-state index >= 15 is 0 Å². The third kappa shape index (κ3) is 6.53. The standard InChI is InChI=1S/C33H29F2N5O3/c1-33(2,3)43-32(42)39-25-9-11-40(12-10-25)31-27-15-20(26-6-4-5-21(17-36)30(26)38-19-41)7-8-29(27)37-18-28(31)22-13-23(34)16-24(35)14-22/h4-8,13-16,18,25H,9-12H2,1-3H3,(H,39,42). The highest BCUT2D eigenvalue weighted by Crippen LogP contribution is 2.41. The summed E-state index contributed by atoms with van der Waals surface area (Å²) in [6.07, 6.45) is 3.89. The molecule has 8 nitrogen and oxygen atoms in total. The van der Waals surface area contributed by atoms with E-state index in [4.69, 9.17) is 4.74 Å². The van der Waals surface area contributed by atoms with Crippen molar-refractivity contribution >= 4 is 34.5 Å². The summed E-state index contributed by atoms with van der Waals surface area (Å²) in [5.74, 6) is -1.42. The number of hydrogen-bond acceptors (Lipinski definition) is 7. The fourth-order valence-electron chi connectivity index (χ4n) is 5.36. The summed E-state index contributed by atoms with van der Waals surface area (Å²) in [6, 6.07) is 15.8. The average Bonchev–Trinajstić information content (AvgIpc) is 2.95. The molecule has 1 amide bonds. The van der Waals surface area contributed by atoms with E-state index in [0.717, 1.165) is 11.8 Å².